The monoisotopic (exact) mass is 252 g/mol. The van der Waals surface area contributed by atoms with E-state index in [4.69, 9.17) is 0 Å². The van der Waals surface area contributed by atoms with Crippen LogP contribution < -0.4 is 5.32 Å². The number of thiazole rings is 1. The van der Waals surface area contributed by atoms with Crippen molar-refractivity contribution < 1.29 is 14.3 Å². The Morgan fingerprint density at radius 2 is 2.35 bits per heavy atom. The van der Waals surface area contributed by atoms with Crippen LogP contribution in [0.3, 0.4) is 0 Å². The Labute approximate surface area is 101 Å². The van der Waals surface area contributed by atoms with Crippen LogP contribution in [0.15, 0.2) is 29.1 Å². The lowest BCUT2D eigenvalue weighted by atomic mass is 10.1. The van der Waals surface area contributed by atoms with Crippen molar-refractivity contribution >= 4 is 17.2 Å². The number of phenols is 1. The van der Waals surface area contributed by atoms with Crippen molar-refractivity contribution in [2.45, 2.75) is 6.54 Å². The third kappa shape index (κ3) is 2.59. The molecule has 0 saturated carbocycles. The van der Waals surface area contributed by atoms with E-state index in [1.54, 1.807) is 10.9 Å². The largest absolute Gasteiger partial charge is 0.507 e. The number of hydrogen-bond acceptors (Lipinski definition) is 4. The lowest BCUT2D eigenvalue weighted by Gasteiger charge is -2.06. The van der Waals surface area contributed by atoms with E-state index in [1.807, 2.05) is 0 Å². The van der Waals surface area contributed by atoms with Crippen LogP contribution in [0.25, 0.3) is 0 Å². The van der Waals surface area contributed by atoms with Crippen LogP contribution in [0.5, 0.6) is 5.75 Å². The van der Waals surface area contributed by atoms with Crippen molar-refractivity contribution in [1.29, 1.82) is 0 Å². The molecule has 6 heteroatoms. The summed E-state index contributed by atoms with van der Waals surface area (Å²) in [6, 6.07) is 3.72. The van der Waals surface area contributed by atoms with Crippen LogP contribution in [0.4, 0.5) is 4.39 Å². The van der Waals surface area contributed by atoms with Crippen LogP contribution in [-0.2, 0) is 6.54 Å². The van der Waals surface area contributed by atoms with Crippen LogP contribution >= 0.6 is 11.3 Å². The number of nitrogens with one attached hydrogen (secondary N) is 1. The van der Waals surface area contributed by atoms with Gasteiger partial charge in [-0.05, 0) is 12.1 Å². The van der Waals surface area contributed by atoms with Crippen molar-refractivity contribution in [3.63, 3.8) is 0 Å². The van der Waals surface area contributed by atoms with Crippen LogP contribution in [0, 0.1) is 5.82 Å². The van der Waals surface area contributed by atoms with E-state index in [-0.39, 0.29) is 17.9 Å². The number of nitrogens with zero attached hydrogens (tertiary/aromatic N) is 1. The summed E-state index contributed by atoms with van der Waals surface area (Å²) >= 11 is 1.41. The van der Waals surface area contributed by atoms with Gasteiger partial charge in [0.25, 0.3) is 5.91 Å². The molecule has 0 unspecified atom stereocenters. The van der Waals surface area contributed by atoms with Crippen molar-refractivity contribution in [2.24, 2.45) is 0 Å². The van der Waals surface area contributed by atoms with E-state index in [1.165, 1.54) is 23.5 Å². The molecule has 0 fully saturated rings. The number of halogens is 1. The molecule has 1 aromatic heterocycles. The van der Waals surface area contributed by atoms with E-state index >= 15 is 0 Å². The molecule has 0 bridgehead atoms. The standard InChI is InChI=1S/C11H9FN2O2S/c12-8-2-1-3-9(15)10(8)11(16)13-4-7-5-17-6-14-7/h1-3,5-6,15H,4H2,(H,13,16). The van der Waals surface area contributed by atoms with Crippen molar-refractivity contribution in [3.8, 4) is 5.75 Å². The second-order valence-electron chi connectivity index (χ2n) is 3.30. The van der Waals surface area contributed by atoms with Gasteiger partial charge in [0, 0.05) is 5.38 Å². The quantitative estimate of drug-likeness (QED) is 0.877. The number of aromatic nitrogens is 1. The Bertz CT molecular complexity index is 508. The molecule has 1 aromatic carbocycles. The van der Waals surface area contributed by atoms with Crippen LogP contribution in [0.1, 0.15) is 16.1 Å². The Kier molecular flexibility index (Phi) is 3.34. The minimum Gasteiger partial charge on any atom is -0.507 e. The summed E-state index contributed by atoms with van der Waals surface area (Å²) in [5.41, 5.74) is 1.99. The Balaban J connectivity index is 2.10. The summed E-state index contributed by atoms with van der Waals surface area (Å²) in [4.78, 5) is 15.6. The average molecular weight is 252 g/mol. The highest BCUT2D eigenvalue weighted by atomic mass is 32.1. The van der Waals surface area contributed by atoms with Gasteiger partial charge in [-0.25, -0.2) is 9.37 Å². The van der Waals surface area contributed by atoms with Crippen LogP contribution in [0.2, 0.25) is 0 Å². The van der Waals surface area contributed by atoms with Gasteiger partial charge in [-0.1, -0.05) is 6.07 Å². The summed E-state index contributed by atoms with van der Waals surface area (Å²) in [5, 5.41) is 13.7. The maximum Gasteiger partial charge on any atom is 0.258 e. The molecule has 88 valence electrons. The Morgan fingerprint density at radius 3 is 3.00 bits per heavy atom. The lowest BCUT2D eigenvalue weighted by molar-refractivity contribution is 0.0943. The number of rotatable bonds is 3. The molecule has 0 spiro atoms. The number of hydrogen-bond donors (Lipinski definition) is 2. The molecule has 1 heterocycles. The maximum atomic E-state index is 13.3. The number of aromatic hydroxyl groups is 1. The number of phenolic OH excluding ortho intramolecular Hbond substituents is 1. The zero-order valence-electron chi connectivity index (χ0n) is 8.68. The van der Waals surface area contributed by atoms with Gasteiger partial charge in [0.15, 0.2) is 0 Å². The summed E-state index contributed by atoms with van der Waals surface area (Å²) in [6.07, 6.45) is 0. The van der Waals surface area contributed by atoms with Gasteiger partial charge in [-0.2, -0.15) is 0 Å². The van der Waals surface area contributed by atoms with Crippen molar-refractivity contribution in [2.75, 3.05) is 0 Å². The fourth-order valence-electron chi connectivity index (χ4n) is 1.32. The third-order valence-corrected chi connectivity index (χ3v) is 2.77. The highest BCUT2D eigenvalue weighted by molar-refractivity contribution is 7.07. The molecular weight excluding hydrogens is 243 g/mol. The molecular formula is C11H9FN2O2S. The Hall–Kier alpha value is -1.95. The molecule has 2 aromatic rings. The lowest BCUT2D eigenvalue weighted by Crippen LogP contribution is -2.24. The molecule has 2 rings (SSSR count). The van der Waals surface area contributed by atoms with E-state index in [2.05, 4.69) is 10.3 Å². The SMILES string of the molecule is O=C(NCc1cscn1)c1c(O)cccc1F. The number of benzene rings is 1. The first-order valence-electron chi connectivity index (χ1n) is 4.81. The summed E-state index contributed by atoms with van der Waals surface area (Å²) < 4.78 is 13.3. The molecule has 0 saturated heterocycles. The average Bonchev–Trinajstić information content (AvgIpc) is 2.79. The predicted octanol–water partition coefficient (Wildman–Crippen LogP) is 1.92. The second-order valence-corrected chi connectivity index (χ2v) is 4.02. The van der Waals surface area contributed by atoms with E-state index in [0.717, 1.165) is 6.07 Å². The summed E-state index contributed by atoms with van der Waals surface area (Å²) in [7, 11) is 0. The van der Waals surface area contributed by atoms with Crippen molar-refractivity contribution in [1.82, 2.24) is 10.3 Å². The molecule has 0 aliphatic carbocycles. The first-order valence-corrected chi connectivity index (χ1v) is 5.75. The van der Waals surface area contributed by atoms with E-state index in [9.17, 15) is 14.3 Å². The molecule has 0 aliphatic rings. The smallest absolute Gasteiger partial charge is 0.258 e. The molecule has 4 nitrogen and oxygen atoms in total. The highest BCUT2D eigenvalue weighted by Gasteiger charge is 2.16. The molecule has 1 amide bonds. The number of carbonyl (C=O) groups is 1. The van der Waals surface area contributed by atoms with Gasteiger partial charge < -0.3 is 10.4 Å². The van der Waals surface area contributed by atoms with Gasteiger partial charge in [-0.3, -0.25) is 4.79 Å². The topological polar surface area (TPSA) is 62.2 Å². The summed E-state index contributed by atoms with van der Waals surface area (Å²) in [6.45, 7) is 0.204. The van der Waals surface area contributed by atoms with Gasteiger partial charge in [-0.15, -0.1) is 11.3 Å². The van der Waals surface area contributed by atoms with Gasteiger partial charge in [0.2, 0.25) is 0 Å². The third-order valence-electron chi connectivity index (χ3n) is 2.13. The van der Waals surface area contributed by atoms with E-state index in [0.29, 0.717) is 5.69 Å². The first-order chi connectivity index (χ1) is 8.18. The molecule has 17 heavy (non-hydrogen) atoms. The minimum atomic E-state index is -0.749. The molecule has 2 N–H and O–H groups in total. The molecule has 0 radical (unpaired) electrons. The zero-order valence-corrected chi connectivity index (χ0v) is 9.50. The zero-order chi connectivity index (χ0) is 12.3. The Morgan fingerprint density at radius 1 is 1.53 bits per heavy atom. The molecule has 0 atom stereocenters. The van der Waals surface area contributed by atoms with Gasteiger partial charge >= 0.3 is 0 Å². The normalized spacial score (nSPS) is 10.2. The number of amides is 1. The van der Waals surface area contributed by atoms with Gasteiger partial charge in [0.1, 0.15) is 17.1 Å². The first kappa shape index (κ1) is 11.5. The van der Waals surface area contributed by atoms with Crippen LogP contribution in [-0.4, -0.2) is 16.0 Å². The number of carbonyl (C=O) groups excluding carboxylic acids is 1. The fourth-order valence-corrected chi connectivity index (χ4v) is 1.88. The minimum absolute atomic E-state index is 0.204. The van der Waals surface area contributed by atoms with Gasteiger partial charge in [0.05, 0.1) is 17.7 Å². The second kappa shape index (κ2) is 4.92. The highest BCUT2D eigenvalue weighted by Crippen LogP contribution is 2.19. The van der Waals surface area contributed by atoms with Crippen molar-refractivity contribution in [3.05, 3.63) is 46.2 Å². The fraction of sp³-hybridized carbons (Fsp3) is 0.0909. The predicted molar refractivity (Wildman–Crippen MR) is 61.3 cm³/mol. The molecule has 0 aliphatic heterocycles. The van der Waals surface area contributed by atoms with E-state index < -0.39 is 11.7 Å². The summed E-state index contributed by atoms with van der Waals surface area (Å²) in [5.74, 6) is -1.78. The maximum absolute atomic E-state index is 13.3.